The normalized spacial score (nSPS) is 10.3. The minimum Gasteiger partial charge on any atom is -0.477 e. The number of aromatic nitrogens is 2. The highest BCUT2D eigenvalue weighted by atomic mass is 16.4. The van der Waals surface area contributed by atoms with Gasteiger partial charge in [-0.05, 0) is 31.0 Å². The zero-order chi connectivity index (χ0) is 14.7. The van der Waals surface area contributed by atoms with E-state index in [1.54, 1.807) is 6.92 Å². The van der Waals surface area contributed by atoms with Crippen LogP contribution in [-0.2, 0) is 6.54 Å². The molecule has 0 aliphatic heterocycles. The van der Waals surface area contributed by atoms with Gasteiger partial charge in [0.2, 0.25) is 5.95 Å². The maximum absolute atomic E-state index is 11.0. The van der Waals surface area contributed by atoms with Gasteiger partial charge in [0, 0.05) is 19.3 Å². The zero-order valence-corrected chi connectivity index (χ0v) is 11.8. The summed E-state index contributed by atoms with van der Waals surface area (Å²) in [7, 11) is 1.85. The van der Waals surface area contributed by atoms with E-state index < -0.39 is 5.97 Å². The molecule has 0 amide bonds. The molecule has 0 bridgehead atoms. The third-order valence-corrected chi connectivity index (χ3v) is 3.07. The minimum atomic E-state index is -1.04. The summed E-state index contributed by atoms with van der Waals surface area (Å²) in [6.45, 7) is 4.44. The topological polar surface area (TPSA) is 66.3 Å². The lowest BCUT2D eigenvalue weighted by molar-refractivity contribution is 0.0690. The Hall–Kier alpha value is -2.43. The van der Waals surface area contributed by atoms with E-state index in [0.717, 1.165) is 5.56 Å². The van der Waals surface area contributed by atoms with E-state index in [2.05, 4.69) is 9.97 Å². The Morgan fingerprint density at radius 1 is 1.25 bits per heavy atom. The first-order chi connectivity index (χ1) is 9.47. The molecular formula is C15H17N3O2. The molecule has 20 heavy (non-hydrogen) atoms. The van der Waals surface area contributed by atoms with Crippen molar-refractivity contribution in [3.8, 4) is 0 Å². The summed E-state index contributed by atoms with van der Waals surface area (Å²) in [6.07, 6.45) is 0. The number of aryl methyl sites for hydroxylation is 2. The highest BCUT2D eigenvalue weighted by Crippen LogP contribution is 2.14. The SMILES string of the molecule is Cc1cc(C(=O)O)nc(N(C)Cc2ccccc2C)n1. The van der Waals surface area contributed by atoms with Crippen LogP contribution in [-0.4, -0.2) is 28.1 Å². The van der Waals surface area contributed by atoms with Gasteiger partial charge in [0.05, 0.1) is 0 Å². The second kappa shape index (κ2) is 5.69. The van der Waals surface area contributed by atoms with Crippen LogP contribution in [0.25, 0.3) is 0 Å². The number of carboxylic acids is 1. The maximum Gasteiger partial charge on any atom is 0.354 e. The van der Waals surface area contributed by atoms with Crippen molar-refractivity contribution in [2.45, 2.75) is 20.4 Å². The predicted octanol–water partition coefficient (Wildman–Crippen LogP) is 2.43. The largest absolute Gasteiger partial charge is 0.477 e. The minimum absolute atomic E-state index is 0.0177. The van der Waals surface area contributed by atoms with Gasteiger partial charge < -0.3 is 10.0 Å². The number of nitrogens with zero attached hydrogens (tertiary/aromatic N) is 3. The monoisotopic (exact) mass is 271 g/mol. The molecule has 1 aromatic heterocycles. The molecular weight excluding hydrogens is 254 g/mol. The van der Waals surface area contributed by atoms with Gasteiger partial charge in [0.25, 0.3) is 0 Å². The van der Waals surface area contributed by atoms with Crippen molar-refractivity contribution in [3.63, 3.8) is 0 Å². The number of hydrogen-bond acceptors (Lipinski definition) is 4. The molecule has 0 radical (unpaired) electrons. The average Bonchev–Trinajstić information content (AvgIpc) is 2.40. The highest BCUT2D eigenvalue weighted by molar-refractivity contribution is 5.85. The van der Waals surface area contributed by atoms with Gasteiger partial charge in [0.15, 0.2) is 5.69 Å². The van der Waals surface area contributed by atoms with Crippen molar-refractivity contribution >= 4 is 11.9 Å². The number of rotatable bonds is 4. The first kappa shape index (κ1) is 14.0. The summed E-state index contributed by atoms with van der Waals surface area (Å²) in [5, 5.41) is 9.04. The number of hydrogen-bond donors (Lipinski definition) is 1. The maximum atomic E-state index is 11.0. The number of benzene rings is 1. The summed E-state index contributed by atoms with van der Waals surface area (Å²) < 4.78 is 0. The molecule has 5 heteroatoms. The Morgan fingerprint density at radius 3 is 2.60 bits per heavy atom. The molecule has 1 heterocycles. The molecule has 104 valence electrons. The Morgan fingerprint density at radius 2 is 1.95 bits per heavy atom. The standard InChI is InChI=1S/C15H17N3O2/c1-10-6-4-5-7-12(10)9-18(3)15-16-11(2)8-13(17-15)14(19)20/h4-8H,9H2,1-3H3,(H,19,20). The number of anilines is 1. The number of carbonyl (C=O) groups is 1. The van der Waals surface area contributed by atoms with Gasteiger partial charge in [-0.1, -0.05) is 24.3 Å². The third-order valence-electron chi connectivity index (χ3n) is 3.07. The smallest absolute Gasteiger partial charge is 0.354 e. The fourth-order valence-electron chi connectivity index (χ4n) is 1.95. The second-order valence-corrected chi connectivity index (χ2v) is 4.78. The van der Waals surface area contributed by atoms with Crippen molar-refractivity contribution in [1.29, 1.82) is 0 Å². The summed E-state index contributed by atoms with van der Waals surface area (Å²) in [5.41, 5.74) is 3.01. The van der Waals surface area contributed by atoms with E-state index in [0.29, 0.717) is 18.2 Å². The molecule has 2 aromatic rings. The number of aromatic carboxylic acids is 1. The third kappa shape index (κ3) is 3.12. The summed E-state index contributed by atoms with van der Waals surface area (Å²) >= 11 is 0. The first-order valence-electron chi connectivity index (χ1n) is 6.32. The Balaban J connectivity index is 2.27. The van der Waals surface area contributed by atoms with Gasteiger partial charge >= 0.3 is 5.97 Å². The summed E-state index contributed by atoms with van der Waals surface area (Å²) in [5.74, 6) is -0.619. The van der Waals surface area contributed by atoms with Crippen molar-refractivity contribution < 1.29 is 9.90 Å². The quantitative estimate of drug-likeness (QED) is 0.925. The van der Waals surface area contributed by atoms with Crippen LogP contribution in [0, 0.1) is 13.8 Å². The molecule has 1 aromatic carbocycles. The molecule has 0 saturated heterocycles. The van der Waals surface area contributed by atoms with Gasteiger partial charge in [-0.2, -0.15) is 0 Å². The summed E-state index contributed by atoms with van der Waals surface area (Å²) in [6, 6.07) is 9.52. The molecule has 2 rings (SSSR count). The Bertz CT molecular complexity index is 641. The molecule has 0 aliphatic rings. The van der Waals surface area contributed by atoms with Gasteiger partial charge in [-0.15, -0.1) is 0 Å². The van der Waals surface area contributed by atoms with Crippen LogP contribution >= 0.6 is 0 Å². The molecule has 0 atom stereocenters. The molecule has 0 fully saturated rings. The van der Waals surface area contributed by atoms with Gasteiger partial charge in [-0.3, -0.25) is 0 Å². The predicted molar refractivity (Wildman–Crippen MR) is 77.0 cm³/mol. The summed E-state index contributed by atoms with van der Waals surface area (Å²) in [4.78, 5) is 21.2. The van der Waals surface area contributed by atoms with Crippen molar-refractivity contribution in [3.05, 3.63) is 52.8 Å². The lowest BCUT2D eigenvalue weighted by atomic mass is 10.1. The first-order valence-corrected chi connectivity index (χ1v) is 6.32. The molecule has 5 nitrogen and oxygen atoms in total. The lowest BCUT2D eigenvalue weighted by Gasteiger charge is -2.19. The van der Waals surface area contributed by atoms with E-state index in [-0.39, 0.29) is 5.69 Å². The van der Waals surface area contributed by atoms with E-state index in [1.807, 2.05) is 43.1 Å². The van der Waals surface area contributed by atoms with E-state index in [4.69, 9.17) is 5.11 Å². The highest BCUT2D eigenvalue weighted by Gasteiger charge is 2.12. The van der Waals surface area contributed by atoms with Crippen LogP contribution in [0.4, 0.5) is 5.95 Å². The van der Waals surface area contributed by atoms with Gasteiger partial charge in [-0.25, -0.2) is 14.8 Å². The van der Waals surface area contributed by atoms with Crippen LogP contribution < -0.4 is 4.90 Å². The fourth-order valence-corrected chi connectivity index (χ4v) is 1.95. The van der Waals surface area contributed by atoms with Gasteiger partial charge in [0.1, 0.15) is 0 Å². The lowest BCUT2D eigenvalue weighted by Crippen LogP contribution is -2.21. The molecule has 0 saturated carbocycles. The zero-order valence-electron chi connectivity index (χ0n) is 11.8. The van der Waals surface area contributed by atoms with E-state index in [1.165, 1.54) is 11.6 Å². The van der Waals surface area contributed by atoms with Crippen LogP contribution in [0.2, 0.25) is 0 Å². The second-order valence-electron chi connectivity index (χ2n) is 4.78. The Labute approximate surface area is 117 Å². The Kier molecular flexibility index (Phi) is 3.98. The molecule has 0 aliphatic carbocycles. The molecule has 0 spiro atoms. The average molecular weight is 271 g/mol. The van der Waals surface area contributed by atoms with Crippen LogP contribution in [0.3, 0.4) is 0 Å². The van der Waals surface area contributed by atoms with Crippen LogP contribution in [0.1, 0.15) is 27.3 Å². The van der Waals surface area contributed by atoms with Crippen molar-refractivity contribution in [1.82, 2.24) is 9.97 Å². The fraction of sp³-hybridized carbons (Fsp3) is 0.267. The van der Waals surface area contributed by atoms with E-state index in [9.17, 15) is 4.79 Å². The van der Waals surface area contributed by atoms with Crippen molar-refractivity contribution in [2.24, 2.45) is 0 Å². The van der Waals surface area contributed by atoms with Crippen LogP contribution in [0.15, 0.2) is 30.3 Å². The number of carboxylic acid groups (broad SMARTS) is 1. The molecule has 1 N–H and O–H groups in total. The van der Waals surface area contributed by atoms with Crippen LogP contribution in [0.5, 0.6) is 0 Å². The van der Waals surface area contributed by atoms with Crippen molar-refractivity contribution in [2.75, 3.05) is 11.9 Å². The van der Waals surface area contributed by atoms with E-state index >= 15 is 0 Å². The molecule has 0 unspecified atom stereocenters.